The molecule has 2 rings (SSSR count). The van der Waals surface area contributed by atoms with E-state index >= 15 is 0 Å². The molecule has 0 aliphatic carbocycles. The maximum Gasteiger partial charge on any atom is 0.374 e. The molecule has 0 aliphatic rings. The van der Waals surface area contributed by atoms with Gasteiger partial charge in [-0.15, -0.1) is 11.3 Å². The number of hydrogen-bond acceptors (Lipinski definition) is 4. The topological polar surface area (TPSA) is 50.8 Å². The predicted molar refractivity (Wildman–Crippen MR) is 90.5 cm³/mol. The Hall–Kier alpha value is -2.00. The Morgan fingerprint density at radius 1 is 1.18 bits per heavy atom. The normalized spacial score (nSPS) is 12.0. The van der Waals surface area contributed by atoms with Gasteiger partial charge < -0.3 is 4.65 Å². The summed E-state index contributed by atoms with van der Waals surface area (Å²) in [4.78, 5) is 2.27. The van der Waals surface area contributed by atoms with Crippen LogP contribution in [0.15, 0.2) is 0 Å². The fourth-order valence-corrected chi connectivity index (χ4v) is 3.60. The minimum atomic E-state index is 0.368. The van der Waals surface area contributed by atoms with E-state index in [1.165, 1.54) is 4.88 Å². The van der Waals surface area contributed by atoms with Gasteiger partial charge in [-0.3, -0.25) is 4.68 Å². The number of hydrogen-bond donors (Lipinski definition) is 0. The molecular formula is C16H18BN3OS. The summed E-state index contributed by atoms with van der Waals surface area (Å²) in [7, 11) is 7.38. The summed E-state index contributed by atoms with van der Waals surface area (Å²) in [6.45, 7) is 9.98. The first-order chi connectivity index (χ1) is 10.3. The monoisotopic (exact) mass is 311 g/mol. The Balaban J connectivity index is 2.80. The van der Waals surface area contributed by atoms with Crippen LogP contribution in [0.2, 0.25) is 0 Å². The van der Waals surface area contributed by atoms with Crippen LogP contribution >= 0.6 is 11.3 Å². The second-order valence-corrected chi connectivity index (χ2v) is 6.76. The number of allylic oxidation sites excluding steroid dienone is 1. The van der Waals surface area contributed by atoms with Crippen LogP contribution in [0.25, 0.3) is 11.3 Å². The van der Waals surface area contributed by atoms with Crippen LogP contribution in [-0.4, -0.2) is 17.8 Å². The van der Waals surface area contributed by atoms with Gasteiger partial charge in [0.1, 0.15) is 23.1 Å². The molecule has 6 heteroatoms. The van der Waals surface area contributed by atoms with E-state index in [0.29, 0.717) is 17.0 Å². The van der Waals surface area contributed by atoms with Gasteiger partial charge in [0.2, 0.25) is 0 Å². The quantitative estimate of drug-likeness (QED) is 0.495. The van der Waals surface area contributed by atoms with Crippen LogP contribution < -0.4 is 0 Å². The molecule has 0 N–H and O–H groups in total. The Bertz CT molecular complexity index is 808. The number of rotatable bonds is 3. The fourth-order valence-electron chi connectivity index (χ4n) is 2.53. The molecule has 0 aliphatic heterocycles. The van der Waals surface area contributed by atoms with Gasteiger partial charge in [0.15, 0.2) is 0 Å². The summed E-state index contributed by atoms with van der Waals surface area (Å²) in [5.41, 5.74) is 4.92. The Kier molecular flexibility index (Phi) is 4.48. The van der Waals surface area contributed by atoms with Gasteiger partial charge >= 0.3 is 8.05 Å². The van der Waals surface area contributed by atoms with Crippen molar-refractivity contribution in [2.24, 2.45) is 7.05 Å². The molecular weight excluding hydrogens is 293 g/mol. The minimum absolute atomic E-state index is 0.368. The fraction of sp³-hybridized carbons (Fsp3) is 0.375. The van der Waals surface area contributed by atoms with Crippen molar-refractivity contribution in [2.75, 3.05) is 0 Å². The van der Waals surface area contributed by atoms with Gasteiger partial charge in [0.05, 0.1) is 0 Å². The van der Waals surface area contributed by atoms with Crippen molar-refractivity contribution in [1.82, 2.24) is 9.78 Å². The zero-order valence-electron chi connectivity index (χ0n) is 13.7. The standard InChI is InChI=1S/C16H18BN3OS/c1-8-10(3)20(6)19-15(8)13(7-18)16(21-17)14-9(2)11(4)22-12(14)5/h1-6H3. The molecule has 0 saturated carbocycles. The SMILES string of the molecule is [B]OC(=C(C#N)c1nn(C)c(C)c1C)c1c(C)sc(C)c1C. The van der Waals surface area contributed by atoms with Crippen molar-refractivity contribution in [1.29, 1.82) is 5.26 Å². The third kappa shape index (κ3) is 2.46. The molecule has 0 unspecified atom stereocenters. The highest BCUT2D eigenvalue weighted by Gasteiger charge is 2.22. The first-order valence-corrected chi connectivity index (χ1v) is 7.73. The van der Waals surface area contributed by atoms with E-state index in [2.05, 4.69) is 11.2 Å². The van der Waals surface area contributed by atoms with Crippen molar-refractivity contribution >= 4 is 30.7 Å². The molecule has 0 amide bonds. The van der Waals surface area contributed by atoms with Crippen molar-refractivity contribution in [3.05, 3.63) is 37.8 Å². The van der Waals surface area contributed by atoms with Crippen LogP contribution in [0.5, 0.6) is 0 Å². The molecule has 2 aromatic rings. The number of aryl methyl sites for hydroxylation is 3. The molecule has 112 valence electrons. The van der Waals surface area contributed by atoms with Crippen LogP contribution in [0, 0.1) is 45.9 Å². The first-order valence-electron chi connectivity index (χ1n) is 6.92. The molecule has 0 bridgehead atoms. The van der Waals surface area contributed by atoms with Gasteiger partial charge in [-0.1, -0.05) is 0 Å². The van der Waals surface area contributed by atoms with Crippen molar-refractivity contribution in [3.8, 4) is 6.07 Å². The maximum absolute atomic E-state index is 9.67. The molecule has 22 heavy (non-hydrogen) atoms. The average molecular weight is 311 g/mol. The lowest BCUT2D eigenvalue weighted by Crippen LogP contribution is -1.99. The first kappa shape index (κ1) is 16.4. The zero-order chi connectivity index (χ0) is 16.6. The highest BCUT2D eigenvalue weighted by Crippen LogP contribution is 2.36. The Morgan fingerprint density at radius 2 is 1.82 bits per heavy atom. The third-order valence-electron chi connectivity index (χ3n) is 4.12. The molecule has 0 atom stereocenters. The number of nitriles is 1. The van der Waals surface area contributed by atoms with Gasteiger partial charge in [-0.2, -0.15) is 10.4 Å². The Labute approximate surface area is 136 Å². The van der Waals surface area contributed by atoms with Crippen LogP contribution in [0.3, 0.4) is 0 Å². The predicted octanol–water partition coefficient (Wildman–Crippen LogP) is 3.52. The van der Waals surface area contributed by atoms with Gasteiger partial charge in [-0.25, -0.2) is 0 Å². The van der Waals surface area contributed by atoms with Gasteiger partial charge in [0, 0.05) is 28.1 Å². The average Bonchev–Trinajstić information content (AvgIpc) is 2.88. The molecule has 0 fully saturated rings. The number of aromatic nitrogens is 2. The largest absolute Gasteiger partial charge is 0.566 e. The molecule has 0 saturated heterocycles. The maximum atomic E-state index is 9.67. The highest BCUT2D eigenvalue weighted by atomic mass is 32.1. The zero-order valence-corrected chi connectivity index (χ0v) is 14.6. The van der Waals surface area contributed by atoms with Crippen LogP contribution in [0.1, 0.15) is 37.8 Å². The van der Waals surface area contributed by atoms with E-state index in [4.69, 9.17) is 12.7 Å². The molecule has 0 spiro atoms. The molecule has 2 radical (unpaired) electrons. The lowest BCUT2D eigenvalue weighted by atomic mass is 10.0. The highest BCUT2D eigenvalue weighted by molar-refractivity contribution is 7.12. The number of nitrogens with zero attached hydrogens (tertiary/aromatic N) is 3. The second-order valence-electron chi connectivity index (χ2n) is 5.33. The lowest BCUT2D eigenvalue weighted by molar-refractivity contribution is 0.573. The van der Waals surface area contributed by atoms with Crippen LogP contribution in [0.4, 0.5) is 0 Å². The summed E-state index contributed by atoms with van der Waals surface area (Å²) in [5.74, 6) is 0.392. The minimum Gasteiger partial charge on any atom is -0.566 e. The lowest BCUT2D eigenvalue weighted by Gasteiger charge is -2.11. The molecule has 2 aromatic heterocycles. The summed E-state index contributed by atoms with van der Waals surface area (Å²) in [6, 6.07) is 2.22. The van der Waals surface area contributed by atoms with Gasteiger partial charge in [-0.05, 0) is 45.7 Å². The van der Waals surface area contributed by atoms with Gasteiger partial charge in [0.25, 0.3) is 0 Å². The Morgan fingerprint density at radius 3 is 2.18 bits per heavy atom. The molecule has 2 heterocycles. The van der Waals surface area contributed by atoms with Crippen LogP contribution in [-0.2, 0) is 11.7 Å². The van der Waals surface area contributed by atoms with E-state index in [-0.39, 0.29) is 0 Å². The third-order valence-corrected chi connectivity index (χ3v) is 5.24. The van der Waals surface area contributed by atoms with E-state index in [0.717, 1.165) is 27.3 Å². The summed E-state index contributed by atoms with van der Waals surface area (Å²) < 4.78 is 6.90. The summed E-state index contributed by atoms with van der Waals surface area (Å²) in [6.07, 6.45) is 0. The molecule has 4 nitrogen and oxygen atoms in total. The summed E-state index contributed by atoms with van der Waals surface area (Å²) >= 11 is 1.67. The van der Waals surface area contributed by atoms with Crippen molar-refractivity contribution in [3.63, 3.8) is 0 Å². The summed E-state index contributed by atoms with van der Waals surface area (Å²) in [5, 5.41) is 14.1. The van der Waals surface area contributed by atoms with E-state index < -0.39 is 0 Å². The molecule has 0 aromatic carbocycles. The second kappa shape index (κ2) is 6.01. The van der Waals surface area contributed by atoms with E-state index in [9.17, 15) is 5.26 Å². The number of thiophene rings is 1. The smallest absolute Gasteiger partial charge is 0.374 e. The van der Waals surface area contributed by atoms with Crippen molar-refractivity contribution in [2.45, 2.75) is 34.6 Å². The van der Waals surface area contributed by atoms with E-state index in [1.54, 1.807) is 16.0 Å². The van der Waals surface area contributed by atoms with Crippen molar-refractivity contribution < 1.29 is 4.65 Å². The van der Waals surface area contributed by atoms with E-state index in [1.807, 2.05) is 41.7 Å².